The van der Waals surface area contributed by atoms with Crippen molar-refractivity contribution in [2.24, 2.45) is 0 Å². The zero-order valence-corrected chi connectivity index (χ0v) is 11.8. The maximum Gasteiger partial charge on any atom is 0.410 e. The molecule has 2 heterocycles. The van der Waals surface area contributed by atoms with Crippen LogP contribution in [0.15, 0.2) is 17.1 Å². The van der Waals surface area contributed by atoms with E-state index in [1.165, 1.54) is 6.07 Å². The van der Waals surface area contributed by atoms with Gasteiger partial charge in [0.2, 0.25) is 0 Å². The van der Waals surface area contributed by atoms with E-state index in [0.717, 1.165) is 5.69 Å². The summed E-state index contributed by atoms with van der Waals surface area (Å²) < 4.78 is 5.38. The van der Waals surface area contributed by atoms with Crippen LogP contribution in [-0.4, -0.2) is 27.6 Å². The van der Waals surface area contributed by atoms with E-state index < -0.39 is 5.60 Å². The first-order chi connectivity index (χ1) is 8.78. The first kappa shape index (κ1) is 13.6. The van der Waals surface area contributed by atoms with Crippen molar-refractivity contribution in [1.29, 1.82) is 0 Å². The third-order valence-electron chi connectivity index (χ3n) is 3.14. The lowest BCUT2D eigenvalue weighted by molar-refractivity contribution is 0.0135. The highest BCUT2D eigenvalue weighted by Crippen LogP contribution is 2.21. The Morgan fingerprint density at radius 1 is 1.47 bits per heavy atom. The van der Waals surface area contributed by atoms with Gasteiger partial charge in [-0.2, -0.15) is 0 Å². The molecular formula is C14H20N2O3. The summed E-state index contributed by atoms with van der Waals surface area (Å²) in [5.74, 6) is 0. The summed E-state index contributed by atoms with van der Waals surface area (Å²) >= 11 is 0. The van der Waals surface area contributed by atoms with Crippen molar-refractivity contribution >= 4 is 6.09 Å². The van der Waals surface area contributed by atoms with Gasteiger partial charge in [0, 0.05) is 36.0 Å². The van der Waals surface area contributed by atoms with Crippen LogP contribution in [0.4, 0.5) is 4.79 Å². The van der Waals surface area contributed by atoms with E-state index in [0.29, 0.717) is 18.5 Å². The van der Waals surface area contributed by atoms with Gasteiger partial charge in [-0.05, 0) is 27.7 Å². The van der Waals surface area contributed by atoms with Crippen LogP contribution in [0.2, 0.25) is 0 Å². The molecule has 2 rings (SSSR count). The Bertz CT molecular complexity index is 542. The molecule has 1 aromatic rings. The molecule has 5 heteroatoms. The van der Waals surface area contributed by atoms with E-state index in [1.54, 1.807) is 11.1 Å². The Morgan fingerprint density at radius 2 is 2.16 bits per heavy atom. The molecule has 0 aliphatic carbocycles. The highest BCUT2D eigenvalue weighted by atomic mass is 16.6. The quantitative estimate of drug-likeness (QED) is 0.780. The fourth-order valence-corrected chi connectivity index (χ4v) is 2.21. The summed E-state index contributed by atoms with van der Waals surface area (Å²) in [5, 5.41) is 0. The monoisotopic (exact) mass is 264 g/mol. The molecular weight excluding hydrogens is 244 g/mol. The van der Waals surface area contributed by atoms with Crippen LogP contribution in [0, 0.1) is 0 Å². The molecule has 1 amide bonds. The summed E-state index contributed by atoms with van der Waals surface area (Å²) in [7, 11) is 0. The number of fused-ring (bicyclic) bond motifs is 1. The van der Waals surface area contributed by atoms with Gasteiger partial charge in [0.15, 0.2) is 5.43 Å². The number of H-pyrrole nitrogens is 1. The minimum Gasteiger partial charge on any atom is -0.444 e. The summed E-state index contributed by atoms with van der Waals surface area (Å²) in [6, 6.07) is 1.50. The molecule has 1 aromatic heterocycles. The average molecular weight is 264 g/mol. The number of nitrogens with zero attached hydrogens (tertiary/aromatic N) is 1. The van der Waals surface area contributed by atoms with Gasteiger partial charge in [0.05, 0.1) is 6.54 Å². The first-order valence-electron chi connectivity index (χ1n) is 6.47. The van der Waals surface area contributed by atoms with Gasteiger partial charge in [-0.25, -0.2) is 4.79 Å². The van der Waals surface area contributed by atoms with Gasteiger partial charge in [0.1, 0.15) is 5.60 Å². The third kappa shape index (κ3) is 2.97. The zero-order valence-electron chi connectivity index (χ0n) is 11.8. The van der Waals surface area contributed by atoms with Crippen LogP contribution in [0.25, 0.3) is 0 Å². The summed E-state index contributed by atoms with van der Waals surface area (Å²) in [5.41, 5.74) is 1.01. The molecule has 0 fully saturated rings. The fraction of sp³-hybridized carbons (Fsp3) is 0.571. The van der Waals surface area contributed by atoms with Crippen LogP contribution in [0.3, 0.4) is 0 Å². The molecule has 0 aromatic carbocycles. The van der Waals surface area contributed by atoms with E-state index in [2.05, 4.69) is 4.98 Å². The van der Waals surface area contributed by atoms with Gasteiger partial charge in [-0.3, -0.25) is 4.79 Å². The molecule has 0 saturated heterocycles. The van der Waals surface area contributed by atoms with E-state index in [4.69, 9.17) is 4.74 Å². The smallest absolute Gasteiger partial charge is 0.410 e. The predicted molar refractivity (Wildman–Crippen MR) is 72.0 cm³/mol. The molecule has 5 nitrogen and oxygen atoms in total. The van der Waals surface area contributed by atoms with E-state index in [9.17, 15) is 9.59 Å². The molecule has 104 valence electrons. The number of ether oxygens (including phenoxy) is 1. The number of aromatic amines is 1. The Labute approximate surface area is 112 Å². The molecule has 1 aliphatic heterocycles. The molecule has 1 unspecified atom stereocenters. The molecule has 1 N–H and O–H groups in total. The lowest BCUT2D eigenvalue weighted by atomic mass is 10.00. The second kappa shape index (κ2) is 4.72. The number of carbonyl (C=O) groups excluding carboxylic acids is 1. The lowest BCUT2D eigenvalue weighted by Gasteiger charge is -2.35. The van der Waals surface area contributed by atoms with Crippen molar-refractivity contribution in [3.05, 3.63) is 33.7 Å². The molecule has 1 aliphatic rings. The SMILES string of the molecule is CC1Cc2[nH]ccc(=O)c2CN1C(=O)OC(C)(C)C. The van der Waals surface area contributed by atoms with Gasteiger partial charge < -0.3 is 14.6 Å². The number of hydrogen-bond donors (Lipinski definition) is 1. The van der Waals surface area contributed by atoms with E-state index in [-0.39, 0.29) is 17.6 Å². The van der Waals surface area contributed by atoms with Crippen molar-refractivity contribution in [2.45, 2.75) is 52.3 Å². The Kier molecular flexibility index (Phi) is 3.39. The van der Waals surface area contributed by atoms with Crippen LogP contribution in [0.1, 0.15) is 39.0 Å². The number of hydrogen-bond acceptors (Lipinski definition) is 3. The third-order valence-corrected chi connectivity index (χ3v) is 3.14. The highest BCUT2D eigenvalue weighted by molar-refractivity contribution is 5.69. The number of amides is 1. The normalized spacial score (nSPS) is 18.9. The van der Waals surface area contributed by atoms with Crippen LogP contribution in [0.5, 0.6) is 0 Å². The minimum atomic E-state index is -0.528. The Balaban J connectivity index is 2.24. The molecule has 19 heavy (non-hydrogen) atoms. The van der Waals surface area contributed by atoms with Crippen molar-refractivity contribution < 1.29 is 9.53 Å². The maximum atomic E-state index is 12.1. The van der Waals surface area contributed by atoms with E-state index in [1.807, 2.05) is 27.7 Å². The predicted octanol–water partition coefficient (Wildman–Crippen LogP) is 2.06. The summed E-state index contributed by atoms with van der Waals surface area (Å²) in [4.78, 5) is 28.7. The number of pyridine rings is 1. The van der Waals surface area contributed by atoms with Gasteiger partial charge in [-0.1, -0.05) is 0 Å². The van der Waals surface area contributed by atoms with Crippen molar-refractivity contribution in [2.75, 3.05) is 0 Å². The Hall–Kier alpha value is -1.78. The van der Waals surface area contributed by atoms with Crippen molar-refractivity contribution in [3.63, 3.8) is 0 Å². The van der Waals surface area contributed by atoms with Gasteiger partial charge in [-0.15, -0.1) is 0 Å². The second-order valence-corrected chi connectivity index (χ2v) is 5.96. The Morgan fingerprint density at radius 3 is 2.79 bits per heavy atom. The van der Waals surface area contributed by atoms with E-state index >= 15 is 0 Å². The zero-order chi connectivity index (χ0) is 14.2. The number of rotatable bonds is 0. The number of carbonyl (C=O) groups is 1. The first-order valence-corrected chi connectivity index (χ1v) is 6.47. The summed E-state index contributed by atoms with van der Waals surface area (Å²) in [6.45, 7) is 7.76. The molecule has 1 atom stereocenters. The topological polar surface area (TPSA) is 62.4 Å². The average Bonchev–Trinajstić information content (AvgIpc) is 2.26. The fourth-order valence-electron chi connectivity index (χ4n) is 2.21. The van der Waals surface area contributed by atoms with Crippen LogP contribution in [-0.2, 0) is 17.7 Å². The summed E-state index contributed by atoms with van der Waals surface area (Å²) in [6.07, 6.45) is 1.93. The van der Waals surface area contributed by atoms with Gasteiger partial charge in [0.25, 0.3) is 0 Å². The molecule has 0 bridgehead atoms. The van der Waals surface area contributed by atoms with Crippen molar-refractivity contribution in [1.82, 2.24) is 9.88 Å². The number of aromatic nitrogens is 1. The van der Waals surface area contributed by atoms with Crippen molar-refractivity contribution in [3.8, 4) is 0 Å². The molecule has 0 radical (unpaired) electrons. The highest BCUT2D eigenvalue weighted by Gasteiger charge is 2.31. The standard InChI is InChI=1S/C14H20N2O3/c1-9-7-11-10(12(17)5-6-15-11)8-16(9)13(18)19-14(2,3)4/h5-6,9H,7-8H2,1-4H3,(H,15,17). The molecule has 0 spiro atoms. The largest absolute Gasteiger partial charge is 0.444 e. The maximum absolute atomic E-state index is 12.1. The van der Waals surface area contributed by atoms with Crippen LogP contribution >= 0.6 is 0 Å². The van der Waals surface area contributed by atoms with Gasteiger partial charge >= 0.3 is 6.09 Å². The molecule has 0 saturated carbocycles. The van der Waals surface area contributed by atoms with Crippen LogP contribution < -0.4 is 5.43 Å². The second-order valence-electron chi connectivity index (χ2n) is 5.96. The lowest BCUT2D eigenvalue weighted by Crippen LogP contribution is -2.46. The minimum absolute atomic E-state index is 0.0143. The number of nitrogens with one attached hydrogen (secondary N) is 1.